The van der Waals surface area contributed by atoms with Crippen molar-refractivity contribution in [1.29, 1.82) is 0 Å². The lowest BCUT2D eigenvalue weighted by Gasteiger charge is -2.21. The van der Waals surface area contributed by atoms with Gasteiger partial charge in [-0.25, -0.2) is 13.6 Å². The number of aromatic carboxylic acids is 1. The Morgan fingerprint density at radius 1 is 1.10 bits per heavy atom. The molecule has 0 heterocycles. The van der Waals surface area contributed by atoms with Gasteiger partial charge in [-0.05, 0) is 36.4 Å². The summed E-state index contributed by atoms with van der Waals surface area (Å²) in [5.41, 5.74) is -0.140. The Morgan fingerprint density at radius 2 is 1.71 bits per heavy atom. The topological polar surface area (TPSA) is 49.8 Å². The monoisotopic (exact) mass is 293 g/mol. The number of halogens is 2. The van der Waals surface area contributed by atoms with E-state index >= 15 is 0 Å². The summed E-state index contributed by atoms with van der Waals surface area (Å²) in [4.78, 5) is 12.2. The van der Waals surface area contributed by atoms with E-state index in [2.05, 4.69) is 0 Å². The van der Waals surface area contributed by atoms with Crippen LogP contribution < -0.4 is 9.64 Å². The van der Waals surface area contributed by atoms with Gasteiger partial charge in [-0.1, -0.05) is 0 Å². The van der Waals surface area contributed by atoms with Gasteiger partial charge in [-0.3, -0.25) is 0 Å². The van der Waals surface area contributed by atoms with Crippen molar-refractivity contribution in [3.8, 4) is 5.75 Å². The molecular formula is C15H13F2NO3. The fraction of sp³-hybridized carbons (Fsp3) is 0.133. The second-order valence-corrected chi connectivity index (χ2v) is 4.32. The van der Waals surface area contributed by atoms with Crippen LogP contribution in [0.5, 0.6) is 5.75 Å². The number of carbonyl (C=O) groups is 1. The molecule has 0 atom stereocenters. The van der Waals surface area contributed by atoms with Crippen molar-refractivity contribution in [2.45, 2.75) is 0 Å². The maximum Gasteiger partial charge on any atom is 0.338 e. The van der Waals surface area contributed by atoms with Crippen LogP contribution in [-0.4, -0.2) is 25.2 Å². The van der Waals surface area contributed by atoms with Crippen LogP contribution >= 0.6 is 0 Å². The van der Waals surface area contributed by atoms with Crippen LogP contribution in [0.25, 0.3) is 0 Å². The number of carboxylic acids is 1. The lowest BCUT2D eigenvalue weighted by Crippen LogP contribution is -2.14. The number of ether oxygens (including phenoxy) is 1. The summed E-state index contributed by atoms with van der Waals surface area (Å²) in [5.74, 6) is -3.45. The molecule has 0 aromatic heterocycles. The van der Waals surface area contributed by atoms with E-state index in [0.717, 1.165) is 6.07 Å². The number of hydrogen-bond donors (Lipinski definition) is 1. The first-order chi connectivity index (χ1) is 9.95. The molecule has 0 aliphatic carbocycles. The molecule has 0 aliphatic rings. The number of anilines is 2. The molecule has 0 spiro atoms. The fourth-order valence-electron chi connectivity index (χ4n) is 1.91. The molecule has 2 rings (SSSR count). The molecule has 1 N–H and O–H groups in total. The molecule has 0 fully saturated rings. The highest BCUT2D eigenvalue weighted by molar-refractivity contribution is 5.88. The van der Waals surface area contributed by atoms with E-state index in [1.54, 1.807) is 31.3 Å². The molecule has 0 saturated carbocycles. The van der Waals surface area contributed by atoms with Crippen LogP contribution in [0.4, 0.5) is 20.2 Å². The van der Waals surface area contributed by atoms with Gasteiger partial charge < -0.3 is 14.7 Å². The van der Waals surface area contributed by atoms with E-state index in [1.807, 2.05) is 0 Å². The number of benzene rings is 2. The molecule has 0 aliphatic heterocycles. The Labute approximate surface area is 120 Å². The van der Waals surface area contributed by atoms with Crippen LogP contribution in [0.1, 0.15) is 10.4 Å². The van der Waals surface area contributed by atoms with E-state index in [-0.39, 0.29) is 5.69 Å². The molecule has 4 nitrogen and oxygen atoms in total. The molecule has 0 radical (unpaired) electrons. The third-order valence-corrected chi connectivity index (χ3v) is 3.11. The van der Waals surface area contributed by atoms with E-state index in [4.69, 9.17) is 9.84 Å². The van der Waals surface area contributed by atoms with Crippen LogP contribution in [-0.2, 0) is 0 Å². The molecular weight excluding hydrogens is 280 g/mol. The predicted octanol–water partition coefficient (Wildman–Crippen LogP) is 3.44. The van der Waals surface area contributed by atoms with Gasteiger partial charge in [0.2, 0.25) is 0 Å². The summed E-state index contributed by atoms with van der Waals surface area (Å²) < 4.78 is 32.7. The summed E-state index contributed by atoms with van der Waals surface area (Å²) in [6.45, 7) is 0. The van der Waals surface area contributed by atoms with Gasteiger partial charge in [0, 0.05) is 12.7 Å². The molecule has 2 aromatic carbocycles. The lowest BCUT2D eigenvalue weighted by molar-refractivity contribution is 0.0690. The van der Waals surface area contributed by atoms with Crippen LogP contribution in [0, 0.1) is 11.6 Å². The van der Waals surface area contributed by atoms with Crippen molar-refractivity contribution in [2.24, 2.45) is 0 Å². The van der Waals surface area contributed by atoms with Crippen molar-refractivity contribution < 1.29 is 23.4 Å². The molecule has 21 heavy (non-hydrogen) atoms. The Morgan fingerprint density at radius 3 is 2.24 bits per heavy atom. The Hall–Kier alpha value is -2.63. The van der Waals surface area contributed by atoms with E-state index in [0.29, 0.717) is 11.4 Å². The van der Waals surface area contributed by atoms with E-state index in [9.17, 15) is 13.6 Å². The van der Waals surface area contributed by atoms with Crippen LogP contribution in [0.2, 0.25) is 0 Å². The Balaban J connectivity index is 2.41. The summed E-state index contributed by atoms with van der Waals surface area (Å²) >= 11 is 0. The maximum atomic E-state index is 14.0. The van der Waals surface area contributed by atoms with Crippen molar-refractivity contribution in [1.82, 2.24) is 0 Å². The molecule has 0 saturated heterocycles. The van der Waals surface area contributed by atoms with Crippen molar-refractivity contribution in [2.75, 3.05) is 19.1 Å². The third kappa shape index (κ3) is 2.79. The molecule has 0 bridgehead atoms. The third-order valence-electron chi connectivity index (χ3n) is 3.11. The zero-order valence-electron chi connectivity index (χ0n) is 11.4. The van der Waals surface area contributed by atoms with E-state index in [1.165, 1.54) is 18.1 Å². The van der Waals surface area contributed by atoms with Crippen molar-refractivity contribution in [3.05, 3.63) is 53.6 Å². The number of hydrogen-bond acceptors (Lipinski definition) is 3. The van der Waals surface area contributed by atoms with Gasteiger partial charge in [-0.2, -0.15) is 0 Å². The highest BCUT2D eigenvalue weighted by Gasteiger charge is 2.20. The average molecular weight is 293 g/mol. The summed E-state index contributed by atoms with van der Waals surface area (Å²) in [7, 11) is 3.08. The smallest absolute Gasteiger partial charge is 0.338 e. The summed E-state index contributed by atoms with van der Waals surface area (Å²) in [6.07, 6.45) is 0. The van der Waals surface area contributed by atoms with Gasteiger partial charge in [0.05, 0.1) is 18.4 Å². The number of carboxylic acid groups (broad SMARTS) is 1. The van der Waals surface area contributed by atoms with Gasteiger partial charge in [0.25, 0.3) is 0 Å². The Bertz CT molecular complexity index is 671. The lowest BCUT2D eigenvalue weighted by atomic mass is 10.1. The quantitative estimate of drug-likeness (QED) is 0.938. The van der Waals surface area contributed by atoms with Gasteiger partial charge in [-0.15, -0.1) is 0 Å². The Kier molecular flexibility index (Phi) is 4.07. The van der Waals surface area contributed by atoms with Crippen LogP contribution in [0.15, 0.2) is 36.4 Å². The molecule has 110 valence electrons. The van der Waals surface area contributed by atoms with E-state index < -0.39 is 23.2 Å². The van der Waals surface area contributed by atoms with Gasteiger partial charge in [0.1, 0.15) is 5.75 Å². The maximum absolute atomic E-state index is 14.0. The standard InChI is InChI=1S/C15H13F2NO3/c1-18(9-3-5-10(21-2)6-4-9)12-8-7-11(15(19)20)13(16)14(12)17/h3-8H,1-2H3,(H,19,20). The largest absolute Gasteiger partial charge is 0.497 e. The summed E-state index contributed by atoms with van der Waals surface area (Å²) in [6, 6.07) is 9.00. The number of methoxy groups -OCH3 is 1. The van der Waals surface area contributed by atoms with Gasteiger partial charge >= 0.3 is 5.97 Å². The zero-order valence-corrected chi connectivity index (χ0v) is 11.4. The predicted molar refractivity (Wildman–Crippen MR) is 74.4 cm³/mol. The van der Waals surface area contributed by atoms with Crippen LogP contribution in [0.3, 0.4) is 0 Å². The normalized spacial score (nSPS) is 10.3. The fourth-order valence-corrected chi connectivity index (χ4v) is 1.91. The first-order valence-corrected chi connectivity index (χ1v) is 6.04. The minimum absolute atomic E-state index is 0.0531. The molecule has 2 aromatic rings. The number of rotatable bonds is 4. The first kappa shape index (κ1) is 14.8. The second-order valence-electron chi connectivity index (χ2n) is 4.32. The summed E-state index contributed by atoms with van der Waals surface area (Å²) in [5, 5.41) is 8.76. The molecule has 0 unspecified atom stereocenters. The minimum Gasteiger partial charge on any atom is -0.497 e. The van der Waals surface area contributed by atoms with Crippen molar-refractivity contribution in [3.63, 3.8) is 0 Å². The molecule has 6 heteroatoms. The minimum atomic E-state index is -1.51. The second kappa shape index (κ2) is 5.78. The van der Waals surface area contributed by atoms with Gasteiger partial charge in [0.15, 0.2) is 11.6 Å². The molecule has 0 amide bonds. The zero-order chi connectivity index (χ0) is 15.6. The number of nitrogens with zero attached hydrogens (tertiary/aromatic N) is 1. The van der Waals surface area contributed by atoms with Crippen molar-refractivity contribution >= 4 is 17.3 Å². The SMILES string of the molecule is COc1ccc(N(C)c2ccc(C(=O)O)c(F)c2F)cc1. The highest BCUT2D eigenvalue weighted by atomic mass is 19.2. The first-order valence-electron chi connectivity index (χ1n) is 6.04. The highest BCUT2D eigenvalue weighted by Crippen LogP contribution is 2.30. The average Bonchev–Trinajstić information content (AvgIpc) is 2.49.